The van der Waals surface area contributed by atoms with Crippen molar-refractivity contribution in [3.63, 3.8) is 0 Å². The quantitative estimate of drug-likeness (QED) is 0.597. The van der Waals surface area contributed by atoms with E-state index in [1.54, 1.807) is 48.5 Å². The van der Waals surface area contributed by atoms with Crippen molar-refractivity contribution in [2.45, 2.75) is 6.92 Å². The number of nitrogens with zero attached hydrogens (tertiary/aromatic N) is 1. The van der Waals surface area contributed by atoms with E-state index < -0.39 is 18.5 Å². The molecule has 2 aromatic carbocycles. The number of carboxylic acids is 1. The van der Waals surface area contributed by atoms with Gasteiger partial charge in [0, 0.05) is 11.1 Å². The molecule has 0 radical (unpaired) electrons. The fourth-order valence-corrected chi connectivity index (χ4v) is 2.41. The van der Waals surface area contributed by atoms with Gasteiger partial charge in [-0.15, -0.1) is 0 Å². The van der Waals surface area contributed by atoms with Gasteiger partial charge in [-0.05, 0) is 43.3 Å². The molecule has 2 aromatic rings. The minimum absolute atomic E-state index is 0.102. The van der Waals surface area contributed by atoms with Gasteiger partial charge in [-0.2, -0.15) is 0 Å². The topological polar surface area (TPSA) is 94.4 Å². The highest BCUT2D eigenvalue weighted by Gasteiger charge is 2.24. The Morgan fingerprint density at radius 2 is 1.89 bits per heavy atom. The Kier molecular flexibility index (Phi) is 5.51. The van der Waals surface area contributed by atoms with Crippen LogP contribution in [0, 0.1) is 0 Å². The van der Waals surface area contributed by atoms with Crippen molar-refractivity contribution in [2.75, 3.05) is 13.2 Å². The second-order valence-electron chi connectivity index (χ2n) is 5.51. The van der Waals surface area contributed by atoms with E-state index in [1.165, 1.54) is 6.08 Å². The number of aliphatic carboxylic acids is 1. The third-order valence-corrected chi connectivity index (χ3v) is 3.60. The number of carbonyl (C=O) groups is 2. The largest absolute Gasteiger partial charge is 0.494 e. The molecule has 0 aromatic heterocycles. The standard InChI is InChI=1S/C20H17NO6/c1-2-25-15-9-7-13(8-10-15)19-21-16(20(24)27-19)11-14-5-3-4-6-17(14)26-12-18(22)23/h3-11H,2,12H2,1H3,(H,22,23)/b16-11-. The minimum Gasteiger partial charge on any atom is -0.494 e. The molecule has 1 heterocycles. The van der Waals surface area contributed by atoms with Crippen molar-refractivity contribution in [3.8, 4) is 11.5 Å². The molecule has 7 nitrogen and oxygen atoms in total. The summed E-state index contributed by atoms with van der Waals surface area (Å²) in [4.78, 5) is 27.1. The van der Waals surface area contributed by atoms with Crippen LogP contribution in [0.25, 0.3) is 6.08 Å². The first kappa shape index (κ1) is 18.2. The normalized spacial score (nSPS) is 14.6. The van der Waals surface area contributed by atoms with Crippen molar-refractivity contribution in [3.05, 3.63) is 65.4 Å². The third kappa shape index (κ3) is 4.52. The van der Waals surface area contributed by atoms with Crippen molar-refractivity contribution in [1.29, 1.82) is 0 Å². The van der Waals surface area contributed by atoms with Gasteiger partial charge >= 0.3 is 11.9 Å². The van der Waals surface area contributed by atoms with Gasteiger partial charge < -0.3 is 19.3 Å². The van der Waals surface area contributed by atoms with E-state index in [1.807, 2.05) is 6.92 Å². The van der Waals surface area contributed by atoms with E-state index >= 15 is 0 Å². The van der Waals surface area contributed by atoms with E-state index in [2.05, 4.69) is 4.99 Å². The molecule has 0 atom stereocenters. The van der Waals surface area contributed by atoms with Gasteiger partial charge in [0.25, 0.3) is 0 Å². The Hall–Kier alpha value is -3.61. The van der Waals surface area contributed by atoms with Crippen LogP contribution >= 0.6 is 0 Å². The second-order valence-corrected chi connectivity index (χ2v) is 5.51. The highest BCUT2D eigenvalue weighted by molar-refractivity contribution is 6.13. The van der Waals surface area contributed by atoms with Crippen LogP contribution in [0.4, 0.5) is 0 Å². The van der Waals surface area contributed by atoms with Crippen molar-refractivity contribution in [1.82, 2.24) is 0 Å². The van der Waals surface area contributed by atoms with E-state index in [0.29, 0.717) is 29.2 Å². The van der Waals surface area contributed by atoms with E-state index in [9.17, 15) is 9.59 Å². The van der Waals surface area contributed by atoms with E-state index in [4.69, 9.17) is 19.3 Å². The van der Waals surface area contributed by atoms with Gasteiger partial charge in [-0.25, -0.2) is 14.6 Å². The lowest BCUT2D eigenvalue weighted by Gasteiger charge is -2.06. The number of hydrogen-bond donors (Lipinski definition) is 1. The molecule has 1 aliphatic heterocycles. The maximum absolute atomic E-state index is 12.1. The Morgan fingerprint density at radius 3 is 2.59 bits per heavy atom. The van der Waals surface area contributed by atoms with Crippen molar-refractivity contribution < 1.29 is 28.9 Å². The molecule has 0 spiro atoms. The molecule has 0 unspecified atom stereocenters. The fraction of sp³-hybridized carbons (Fsp3) is 0.150. The molecule has 7 heteroatoms. The first-order valence-electron chi connectivity index (χ1n) is 8.26. The third-order valence-electron chi connectivity index (χ3n) is 3.60. The maximum Gasteiger partial charge on any atom is 0.363 e. The molecule has 3 rings (SSSR count). The summed E-state index contributed by atoms with van der Waals surface area (Å²) < 4.78 is 15.9. The summed E-state index contributed by atoms with van der Waals surface area (Å²) in [5.74, 6) is -0.435. The molecule has 0 fully saturated rings. The maximum atomic E-state index is 12.1. The molecule has 0 saturated carbocycles. The van der Waals surface area contributed by atoms with Gasteiger partial charge in [0.2, 0.25) is 5.90 Å². The Labute approximate surface area is 155 Å². The number of benzene rings is 2. The molecule has 0 amide bonds. The lowest BCUT2D eigenvalue weighted by atomic mass is 10.1. The predicted octanol–water partition coefficient (Wildman–Crippen LogP) is 2.89. The van der Waals surface area contributed by atoms with Crippen LogP contribution in [0.15, 0.2) is 59.2 Å². The molecule has 0 saturated heterocycles. The molecule has 1 N–H and O–H groups in total. The monoisotopic (exact) mass is 367 g/mol. The van der Waals surface area contributed by atoms with Crippen LogP contribution in [0.2, 0.25) is 0 Å². The van der Waals surface area contributed by atoms with E-state index in [0.717, 1.165) is 0 Å². The number of carbonyl (C=O) groups excluding carboxylic acids is 1. The Bertz CT molecular complexity index is 914. The number of aliphatic imine (C=N–C) groups is 1. The van der Waals surface area contributed by atoms with Gasteiger partial charge in [0.05, 0.1) is 6.61 Å². The van der Waals surface area contributed by atoms with Crippen LogP contribution in [0.1, 0.15) is 18.1 Å². The Balaban J connectivity index is 1.85. The molecule has 0 bridgehead atoms. The zero-order valence-electron chi connectivity index (χ0n) is 14.5. The number of cyclic esters (lactones) is 1. The molecule has 27 heavy (non-hydrogen) atoms. The summed E-state index contributed by atoms with van der Waals surface area (Å²) in [7, 11) is 0. The number of hydrogen-bond acceptors (Lipinski definition) is 6. The van der Waals surface area contributed by atoms with Crippen LogP contribution in [-0.4, -0.2) is 36.2 Å². The van der Waals surface area contributed by atoms with Crippen molar-refractivity contribution in [2.24, 2.45) is 4.99 Å². The minimum atomic E-state index is -1.09. The zero-order chi connectivity index (χ0) is 19.2. The van der Waals surface area contributed by atoms with Crippen LogP contribution in [0.5, 0.6) is 11.5 Å². The van der Waals surface area contributed by atoms with Crippen LogP contribution in [0.3, 0.4) is 0 Å². The van der Waals surface area contributed by atoms with Gasteiger partial charge in [0.15, 0.2) is 12.3 Å². The summed E-state index contributed by atoms with van der Waals surface area (Å²) in [6, 6.07) is 13.8. The van der Waals surface area contributed by atoms with Gasteiger partial charge in [-0.1, -0.05) is 18.2 Å². The summed E-state index contributed by atoms with van der Waals surface area (Å²) in [6.45, 7) is 1.97. The number of ether oxygens (including phenoxy) is 3. The second kappa shape index (κ2) is 8.18. The molecule has 138 valence electrons. The zero-order valence-corrected chi connectivity index (χ0v) is 14.5. The van der Waals surface area contributed by atoms with Crippen LogP contribution < -0.4 is 9.47 Å². The SMILES string of the molecule is CCOc1ccc(C2=N/C(=C\c3ccccc3OCC(=O)O)C(=O)O2)cc1. The summed E-state index contributed by atoms with van der Waals surface area (Å²) in [6.07, 6.45) is 1.50. The first-order chi connectivity index (χ1) is 13.1. The van der Waals surface area contributed by atoms with Crippen molar-refractivity contribution >= 4 is 23.9 Å². The summed E-state index contributed by atoms with van der Waals surface area (Å²) in [5, 5.41) is 8.76. The number of esters is 1. The average Bonchev–Trinajstić information content (AvgIpc) is 3.02. The van der Waals surface area contributed by atoms with Crippen LogP contribution in [-0.2, 0) is 14.3 Å². The number of para-hydroxylation sites is 1. The number of rotatable bonds is 7. The molecular formula is C20H17NO6. The lowest BCUT2D eigenvalue weighted by molar-refractivity contribution is -0.139. The molecule has 0 aliphatic carbocycles. The Morgan fingerprint density at radius 1 is 1.15 bits per heavy atom. The number of carboxylic acid groups (broad SMARTS) is 1. The summed E-state index contributed by atoms with van der Waals surface area (Å²) in [5.41, 5.74) is 1.28. The molecule has 1 aliphatic rings. The first-order valence-corrected chi connectivity index (χ1v) is 8.26. The molecular weight excluding hydrogens is 350 g/mol. The fourth-order valence-electron chi connectivity index (χ4n) is 2.41. The highest BCUT2D eigenvalue weighted by Crippen LogP contribution is 2.25. The van der Waals surface area contributed by atoms with Gasteiger partial charge in [0.1, 0.15) is 11.5 Å². The van der Waals surface area contributed by atoms with Gasteiger partial charge in [-0.3, -0.25) is 0 Å². The summed E-state index contributed by atoms with van der Waals surface area (Å²) >= 11 is 0. The average molecular weight is 367 g/mol. The lowest BCUT2D eigenvalue weighted by Crippen LogP contribution is -2.10. The highest BCUT2D eigenvalue weighted by atomic mass is 16.6. The van der Waals surface area contributed by atoms with E-state index in [-0.39, 0.29) is 11.6 Å². The smallest absolute Gasteiger partial charge is 0.363 e. The predicted molar refractivity (Wildman–Crippen MR) is 97.8 cm³/mol.